The minimum absolute atomic E-state index is 0.211. The van der Waals surface area contributed by atoms with Crippen LogP contribution in [0.4, 0.5) is 5.13 Å². The van der Waals surface area contributed by atoms with Crippen LogP contribution in [0.1, 0.15) is 21.7 Å². The van der Waals surface area contributed by atoms with Crippen LogP contribution in [0, 0.1) is 6.92 Å². The molecule has 1 N–H and O–H groups in total. The molecule has 26 heavy (non-hydrogen) atoms. The Bertz CT molecular complexity index is 1040. The number of thiazole rings is 1. The Labute approximate surface area is 154 Å². The zero-order chi connectivity index (χ0) is 17.9. The van der Waals surface area contributed by atoms with Crippen molar-refractivity contribution < 1.29 is 9.53 Å². The number of amides is 1. The van der Waals surface area contributed by atoms with E-state index < -0.39 is 0 Å². The van der Waals surface area contributed by atoms with E-state index in [2.05, 4.69) is 15.3 Å². The molecule has 7 heteroatoms. The molecule has 0 bridgehead atoms. The number of imidazole rings is 1. The Kier molecular flexibility index (Phi) is 4.37. The largest absolute Gasteiger partial charge is 0.487 e. The third kappa shape index (κ3) is 3.57. The highest BCUT2D eigenvalue weighted by molar-refractivity contribution is 7.13. The molecule has 3 heterocycles. The van der Waals surface area contributed by atoms with Crippen molar-refractivity contribution in [1.29, 1.82) is 0 Å². The first-order valence-corrected chi connectivity index (χ1v) is 8.94. The van der Waals surface area contributed by atoms with E-state index in [1.807, 2.05) is 53.4 Å². The lowest BCUT2D eigenvalue weighted by Gasteiger charge is -2.06. The monoisotopic (exact) mass is 364 g/mol. The number of hydrogen-bond donors (Lipinski definition) is 1. The maximum Gasteiger partial charge on any atom is 0.257 e. The van der Waals surface area contributed by atoms with E-state index in [9.17, 15) is 4.79 Å². The van der Waals surface area contributed by atoms with Gasteiger partial charge in [-0.1, -0.05) is 12.1 Å². The number of anilines is 1. The fraction of sp³-hybridized carbons (Fsp3) is 0.105. The summed E-state index contributed by atoms with van der Waals surface area (Å²) in [6, 6.07) is 12.9. The maximum atomic E-state index is 12.4. The van der Waals surface area contributed by atoms with Gasteiger partial charge >= 0.3 is 0 Å². The molecule has 0 fully saturated rings. The molecular formula is C19H16N4O2S. The van der Waals surface area contributed by atoms with Gasteiger partial charge in [0.2, 0.25) is 0 Å². The third-order valence-electron chi connectivity index (χ3n) is 3.74. The van der Waals surface area contributed by atoms with E-state index in [0.29, 0.717) is 23.1 Å². The fourth-order valence-corrected chi connectivity index (χ4v) is 3.21. The summed E-state index contributed by atoms with van der Waals surface area (Å²) in [5, 5.41) is 5.27. The van der Waals surface area contributed by atoms with E-state index in [0.717, 1.165) is 17.0 Å². The molecule has 0 unspecified atom stereocenters. The summed E-state index contributed by atoms with van der Waals surface area (Å²) in [5.74, 6) is 0.405. The van der Waals surface area contributed by atoms with Crippen LogP contribution in [0.3, 0.4) is 0 Å². The summed E-state index contributed by atoms with van der Waals surface area (Å²) in [7, 11) is 0. The number of nitrogens with zero attached hydrogens (tertiary/aromatic N) is 3. The molecule has 0 aliphatic carbocycles. The van der Waals surface area contributed by atoms with Crippen LogP contribution in [-0.2, 0) is 6.61 Å². The second-order valence-electron chi connectivity index (χ2n) is 5.76. The first-order chi connectivity index (χ1) is 12.7. The number of ether oxygens (including phenoxy) is 1. The minimum Gasteiger partial charge on any atom is -0.487 e. The molecule has 0 aliphatic rings. The molecule has 6 nitrogen and oxygen atoms in total. The van der Waals surface area contributed by atoms with Gasteiger partial charge in [0, 0.05) is 23.3 Å². The van der Waals surface area contributed by atoms with Gasteiger partial charge in [0.1, 0.15) is 18.0 Å². The molecule has 0 atom stereocenters. The van der Waals surface area contributed by atoms with Gasteiger partial charge in [0.15, 0.2) is 5.13 Å². The van der Waals surface area contributed by atoms with Gasteiger partial charge in [-0.05, 0) is 37.3 Å². The summed E-state index contributed by atoms with van der Waals surface area (Å²) in [4.78, 5) is 21.1. The Morgan fingerprint density at radius 2 is 2.15 bits per heavy atom. The first kappa shape index (κ1) is 16.3. The lowest BCUT2D eigenvalue weighted by molar-refractivity contribution is 0.102. The van der Waals surface area contributed by atoms with E-state index in [1.165, 1.54) is 11.3 Å². The number of nitrogens with one attached hydrogen (secondary N) is 1. The molecule has 3 aromatic heterocycles. The zero-order valence-electron chi connectivity index (χ0n) is 14.0. The van der Waals surface area contributed by atoms with E-state index in [-0.39, 0.29) is 5.91 Å². The van der Waals surface area contributed by atoms with Gasteiger partial charge in [-0.25, -0.2) is 9.97 Å². The van der Waals surface area contributed by atoms with E-state index in [1.54, 1.807) is 18.2 Å². The van der Waals surface area contributed by atoms with Crippen LogP contribution in [0.2, 0.25) is 0 Å². The standard InChI is InChI=1S/C19H16N4O2S/c1-13-12-26-19(20-13)22-18(24)14-5-4-6-16(9-14)25-11-15-10-23-8-3-2-7-17(23)21-15/h2-10,12H,11H2,1H3,(H,20,22,24). The highest BCUT2D eigenvalue weighted by Crippen LogP contribution is 2.19. The summed E-state index contributed by atoms with van der Waals surface area (Å²) in [6.45, 7) is 2.22. The Balaban J connectivity index is 1.44. The van der Waals surface area contributed by atoms with Crippen molar-refractivity contribution in [3.05, 3.63) is 77.2 Å². The number of pyridine rings is 1. The Morgan fingerprint density at radius 3 is 2.96 bits per heavy atom. The van der Waals surface area contributed by atoms with Gasteiger partial charge in [0.25, 0.3) is 5.91 Å². The number of fused-ring (bicyclic) bond motifs is 1. The first-order valence-electron chi connectivity index (χ1n) is 8.06. The molecule has 1 amide bonds. The summed E-state index contributed by atoms with van der Waals surface area (Å²) in [6.07, 6.45) is 3.87. The zero-order valence-corrected chi connectivity index (χ0v) is 14.9. The molecule has 4 rings (SSSR count). The van der Waals surface area contributed by atoms with Crippen molar-refractivity contribution >= 4 is 28.0 Å². The van der Waals surface area contributed by atoms with Crippen molar-refractivity contribution in [3.8, 4) is 5.75 Å². The summed E-state index contributed by atoms with van der Waals surface area (Å²) in [5.41, 5.74) is 3.10. The second-order valence-corrected chi connectivity index (χ2v) is 6.62. The van der Waals surface area contributed by atoms with Crippen LogP contribution in [0.25, 0.3) is 5.65 Å². The molecule has 1 aromatic carbocycles. The van der Waals surface area contributed by atoms with Gasteiger partial charge in [-0.2, -0.15) is 0 Å². The number of hydrogen-bond acceptors (Lipinski definition) is 5. The highest BCUT2D eigenvalue weighted by atomic mass is 32.1. The number of aryl methyl sites for hydroxylation is 1. The minimum atomic E-state index is -0.211. The fourth-order valence-electron chi connectivity index (χ4n) is 2.52. The van der Waals surface area contributed by atoms with E-state index >= 15 is 0 Å². The van der Waals surface area contributed by atoms with Gasteiger partial charge in [0.05, 0.1) is 11.4 Å². The predicted molar refractivity (Wildman–Crippen MR) is 101 cm³/mol. The lowest BCUT2D eigenvalue weighted by atomic mass is 10.2. The van der Waals surface area contributed by atoms with Gasteiger partial charge in [-0.15, -0.1) is 11.3 Å². The molecule has 0 radical (unpaired) electrons. The number of rotatable bonds is 5. The molecule has 0 saturated carbocycles. The number of carbonyl (C=O) groups excluding carboxylic acids is 1. The van der Waals surface area contributed by atoms with Crippen LogP contribution in [0.15, 0.2) is 60.2 Å². The predicted octanol–water partition coefficient (Wildman–Crippen LogP) is 3.93. The van der Waals surface area contributed by atoms with Crippen LogP contribution < -0.4 is 10.1 Å². The van der Waals surface area contributed by atoms with Gasteiger partial charge in [-0.3, -0.25) is 10.1 Å². The number of carbonyl (C=O) groups is 1. The van der Waals surface area contributed by atoms with Gasteiger partial charge < -0.3 is 9.14 Å². The van der Waals surface area contributed by atoms with Crippen molar-refractivity contribution in [2.45, 2.75) is 13.5 Å². The molecule has 0 spiro atoms. The van der Waals surface area contributed by atoms with Crippen molar-refractivity contribution in [1.82, 2.24) is 14.4 Å². The van der Waals surface area contributed by atoms with Crippen molar-refractivity contribution in [2.75, 3.05) is 5.32 Å². The average Bonchev–Trinajstić information content (AvgIpc) is 3.25. The van der Waals surface area contributed by atoms with Crippen LogP contribution >= 0.6 is 11.3 Å². The molecule has 0 saturated heterocycles. The molecule has 0 aliphatic heterocycles. The van der Waals surface area contributed by atoms with E-state index in [4.69, 9.17) is 4.74 Å². The number of benzene rings is 1. The SMILES string of the molecule is Cc1csc(NC(=O)c2cccc(OCc3cn4ccccc4n3)c2)n1. The average molecular weight is 364 g/mol. The third-order valence-corrected chi connectivity index (χ3v) is 4.61. The van der Waals surface area contributed by atoms with Crippen LogP contribution in [0.5, 0.6) is 5.75 Å². The molecular weight excluding hydrogens is 348 g/mol. The van der Waals surface area contributed by atoms with Crippen molar-refractivity contribution in [2.24, 2.45) is 0 Å². The smallest absolute Gasteiger partial charge is 0.257 e. The quantitative estimate of drug-likeness (QED) is 0.583. The summed E-state index contributed by atoms with van der Waals surface area (Å²) < 4.78 is 7.74. The Hall–Kier alpha value is -3.19. The van der Waals surface area contributed by atoms with Crippen molar-refractivity contribution in [3.63, 3.8) is 0 Å². The Morgan fingerprint density at radius 1 is 1.23 bits per heavy atom. The van der Waals surface area contributed by atoms with Crippen LogP contribution in [-0.4, -0.2) is 20.3 Å². The normalized spacial score (nSPS) is 10.8. The lowest BCUT2D eigenvalue weighted by Crippen LogP contribution is -2.11. The molecule has 130 valence electrons. The highest BCUT2D eigenvalue weighted by Gasteiger charge is 2.10. The second kappa shape index (κ2) is 6.97. The maximum absolute atomic E-state index is 12.4. The topological polar surface area (TPSA) is 68.5 Å². The summed E-state index contributed by atoms with van der Waals surface area (Å²) >= 11 is 1.40. The number of aromatic nitrogens is 3. The molecule has 4 aromatic rings.